The molecule has 6 aliphatic heterocycles. The number of rotatable bonds is 13. The van der Waals surface area contributed by atoms with Crippen molar-refractivity contribution in [3.05, 3.63) is 57.7 Å². The number of hydrazine groups is 1. The maximum atomic E-state index is 15.1. The number of carbonyl (C=O) groups is 3. The molecule has 11 rings (SSSR count). The zero-order chi connectivity index (χ0) is 52.2. The van der Waals surface area contributed by atoms with Crippen LogP contribution in [0.3, 0.4) is 0 Å². The number of carbonyl (C=O) groups excluding carboxylic acids is 3. The summed E-state index contributed by atoms with van der Waals surface area (Å²) in [5.41, 5.74) is 10.4. The second-order valence-electron chi connectivity index (χ2n) is 23.6. The van der Waals surface area contributed by atoms with Crippen molar-refractivity contribution in [3.63, 3.8) is 0 Å². The van der Waals surface area contributed by atoms with Crippen LogP contribution in [-0.4, -0.2) is 163 Å². The Bertz CT molecular complexity index is 2720. The van der Waals surface area contributed by atoms with Crippen molar-refractivity contribution >= 4 is 40.0 Å². The van der Waals surface area contributed by atoms with Gasteiger partial charge in [-0.15, -0.1) is 11.3 Å². The Morgan fingerprint density at radius 1 is 1.00 bits per heavy atom. The molecule has 2 N–H and O–H groups in total. The summed E-state index contributed by atoms with van der Waals surface area (Å²) in [4.78, 5) is 59.2. The average molecular weight is 1050 g/mol. The van der Waals surface area contributed by atoms with Gasteiger partial charge in [0.15, 0.2) is 0 Å². The van der Waals surface area contributed by atoms with Gasteiger partial charge in [-0.25, -0.2) is 10.4 Å². The molecule has 3 aromatic heterocycles. The first-order valence-electron chi connectivity index (χ1n) is 27.7. The molecular formula is C57H78N8O9S. The molecule has 6 bridgehead atoms. The van der Waals surface area contributed by atoms with Crippen molar-refractivity contribution < 1.29 is 42.8 Å². The maximum Gasteiger partial charge on any atom is 0.324 e. The van der Waals surface area contributed by atoms with E-state index in [1.54, 1.807) is 14.2 Å². The first kappa shape index (κ1) is 52.7. The van der Waals surface area contributed by atoms with Crippen LogP contribution >= 0.6 is 11.3 Å². The Labute approximate surface area is 445 Å². The number of piperidine rings is 1. The van der Waals surface area contributed by atoms with Crippen LogP contribution in [0.2, 0.25) is 0 Å². The third kappa shape index (κ3) is 10.9. The number of hydrogen-bond acceptors (Lipinski definition) is 15. The number of methoxy groups -OCH3 is 2. The number of benzene rings is 1. The van der Waals surface area contributed by atoms with E-state index in [4.69, 9.17) is 38.4 Å². The number of ether oxygens (including phenoxy) is 6. The number of pyridine rings is 1. The molecule has 1 saturated carbocycles. The summed E-state index contributed by atoms with van der Waals surface area (Å²) in [5.74, 6) is -0.737. The van der Waals surface area contributed by atoms with E-state index in [1.807, 2.05) is 6.92 Å². The predicted octanol–water partition coefficient (Wildman–Crippen LogP) is 6.97. The van der Waals surface area contributed by atoms with Crippen LogP contribution in [0, 0.1) is 11.3 Å². The van der Waals surface area contributed by atoms with Crippen LogP contribution in [0.15, 0.2) is 35.8 Å². The Kier molecular flexibility index (Phi) is 15.3. The van der Waals surface area contributed by atoms with E-state index < -0.39 is 41.2 Å². The van der Waals surface area contributed by atoms with Crippen LogP contribution in [0.4, 0.5) is 0 Å². The number of hydrogen-bond donors (Lipinski definition) is 2. The van der Waals surface area contributed by atoms with Crippen molar-refractivity contribution in [2.75, 3.05) is 80.0 Å². The molecule has 6 fully saturated rings. The summed E-state index contributed by atoms with van der Waals surface area (Å²) in [6.45, 7) is 17.1. The lowest BCUT2D eigenvalue weighted by Gasteiger charge is -2.51. The van der Waals surface area contributed by atoms with Crippen molar-refractivity contribution in [1.29, 1.82) is 0 Å². The van der Waals surface area contributed by atoms with Gasteiger partial charge in [-0.3, -0.25) is 29.3 Å². The van der Waals surface area contributed by atoms with Crippen LogP contribution in [-0.2, 0) is 55.8 Å². The van der Waals surface area contributed by atoms with Crippen LogP contribution in [0.5, 0.6) is 0 Å². The van der Waals surface area contributed by atoms with Crippen molar-refractivity contribution in [2.24, 2.45) is 11.3 Å². The highest BCUT2D eigenvalue weighted by atomic mass is 32.1. The molecule has 2 amide bonds. The summed E-state index contributed by atoms with van der Waals surface area (Å²) in [6, 6.07) is 7.28. The molecule has 0 radical (unpaired) electrons. The fourth-order valence-electron chi connectivity index (χ4n) is 12.4. The van der Waals surface area contributed by atoms with Gasteiger partial charge in [0.05, 0.1) is 60.8 Å². The molecule has 0 unspecified atom stereocenters. The van der Waals surface area contributed by atoms with Gasteiger partial charge in [0.2, 0.25) is 5.91 Å². The minimum absolute atomic E-state index is 0.00129. The molecule has 6 atom stereocenters. The predicted molar refractivity (Wildman–Crippen MR) is 285 cm³/mol. The number of amides is 2. The Hall–Kier alpha value is -4.37. The average Bonchev–Trinajstić information content (AvgIpc) is 4.11. The molecule has 18 heteroatoms. The SMILES string of the molecule is CO[C@@H](C)c1ncc(C2CCN(C3CC3)CC2)cc1-c1c2c3cc(ccc3n1CCOC1CCOCC1)-c1csc(n1)[C@@H](N1CC(C)(OC)C1)[C@H](NC(=O)[C@@H]1OC[C@@H]1C)C(=O)N1CCC[C@H](N1)C(=O)OCC(C)(C)C2. The standard InChI is InChI=1S/C57H78N8O9S/c1-34-29-73-51(34)52(66)60-48-50(63-31-57(5,32-63)70-7)53-59-45(30-75-53)37-10-13-46-41(25-37)43(27-56(3,4)33-74-55(68)44-9-8-18-65(61-44)54(48)67)49(64(46)21-24-72-40-16-22-71-23-17-40)42-26-38(28-58-47(42)35(2)69-6)36-14-19-62(20-15-36)39-11-12-39/h10,13,25-26,28,30,34-36,39-40,44,48,50-51,61H,8-9,11-12,14-24,27,29,31-33H2,1-7H3,(H,60,66)/t34-,35-,44-,48-,50-,51+/m0/s1. The summed E-state index contributed by atoms with van der Waals surface area (Å²) >= 11 is 1.48. The summed E-state index contributed by atoms with van der Waals surface area (Å²) in [6.07, 6.45) is 9.42. The van der Waals surface area contributed by atoms with E-state index in [2.05, 4.69) is 88.6 Å². The quantitative estimate of drug-likeness (QED) is 0.132. The van der Waals surface area contributed by atoms with Crippen LogP contribution in [0.25, 0.3) is 33.4 Å². The minimum atomic E-state index is -1.07. The maximum absolute atomic E-state index is 15.1. The number of esters is 1. The molecule has 1 aliphatic carbocycles. The Balaban J connectivity index is 1.06. The van der Waals surface area contributed by atoms with Gasteiger partial charge in [-0.1, -0.05) is 26.8 Å². The molecule has 75 heavy (non-hydrogen) atoms. The largest absolute Gasteiger partial charge is 0.464 e. The molecule has 0 spiro atoms. The highest BCUT2D eigenvalue weighted by Gasteiger charge is 2.50. The second-order valence-corrected chi connectivity index (χ2v) is 24.5. The normalized spacial score (nSPS) is 27.6. The Morgan fingerprint density at radius 2 is 1.79 bits per heavy atom. The number of nitrogens with zero attached hydrogens (tertiary/aromatic N) is 6. The van der Waals surface area contributed by atoms with E-state index in [0.29, 0.717) is 82.8 Å². The number of cyclic esters (lactones) is 1. The zero-order valence-corrected chi connectivity index (χ0v) is 45.9. The van der Waals surface area contributed by atoms with Gasteiger partial charge < -0.3 is 43.2 Å². The van der Waals surface area contributed by atoms with E-state index >= 15 is 4.79 Å². The van der Waals surface area contributed by atoms with Crippen LogP contribution < -0.4 is 10.7 Å². The fourth-order valence-corrected chi connectivity index (χ4v) is 13.4. The lowest BCUT2D eigenvalue weighted by Crippen LogP contribution is -2.68. The molecule has 4 aromatic rings. The van der Waals surface area contributed by atoms with Gasteiger partial charge >= 0.3 is 5.97 Å². The zero-order valence-electron chi connectivity index (χ0n) is 45.1. The topological polar surface area (TPSA) is 171 Å². The highest BCUT2D eigenvalue weighted by Crippen LogP contribution is 2.45. The number of thiazole rings is 1. The number of likely N-dealkylation sites (tertiary alicyclic amines) is 2. The summed E-state index contributed by atoms with van der Waals surface area (Å²) in [7, 11) is 3.45. The van der Waals surface area contributed by atoms with E-state index in [9.17, 15) is 9.59 Å². The van der Waals surface area contributed by atoms with Crippen molar-refractivity contribution in [2.45, 2.75) is 153 Å². The number of aromatic nitrogens is 3. The summed E-state index contributed by atoms with van der Waals surface area (Å²) in [5, 5.41) is 8.49. The van der Waals surface area contributed by atoms with E-state index in [0.717, 1.165) is 89.5 Å². The van der Waals surface area contributed by atoms with Gasteiger partial charge in [-0.05, 0) is 120 Å². The summed E-state index contributed by atoms with van der Waals surface area (Å²) < 4.78 is 39.0. The third-order valence-corrected chi connectivity index (χ3v) is 18.1. The molecule has 17 nitrogen and oxygen atoms in total. The lowest BCUT2D eigenvalue weighted by atomic mass is 9.83. The van der Waals surface area contributed by atoms with E-state index in [1.165, 1.54) is 34.8 Å². The van der Waals surface area contributed by atoms with E-state index in [-0.39, 0.29) is 36.5 Å². The van der Waals surface area contributed by atoms with Crippen molar-refractivity contribution in [1.82, 2.24) is 40.1 Å². The monoisotopic (exact) mass is 1050 g/mol. The fraction of sp³-hybridized carbons (Fsp3) is 0.667. The molecule has 7 aliphatic rings. The van der Waals surface area contributed by atoms with Gasteiger partial charge in [0.25, 0.3) is 5.91 Å². The third-order valence-electron chi connectivity index (χ3n) is 17.2. The molecule has 1 aromatic carbocycles. The van der Waals surface area contributed by atoms with Crippen LogP contribution in [0.1, 0.15) is 126 Å². The first-order chi connectivity index (χ1) is 36.2. The van der Waals surface area contributed by atoms with Gasteiger partial charge in [0, 0.05) is 105 Å². The molecule has 9 heterocycles. The van der Waals surface area contributed by atoms with Gasteiger partial charge in [0.1, 0.15) is 23.2 Å². The second kappa shape index (κ2) is 21.8. The number of fused-ring (bicyclic) bond motifs is 6. The number of nitrogens with one attached hydrogen (secondary N) is 2. The first-order valence-corrected chi connectivity index (χ1v) is 28.6. The minimum Gasteiger partial charge on any atom is -0.464 e. The highest BCUT2D eigenvalue weighted by molar-refractivity contribution is 7.10. The van der Waals surface area contributed by atoms with Gasteiger partial charge in [-0.2, -0.15) is 0 Å². The molecule has 5 saturated heterocycles. The lowest BCUT2D eigenvalue weighted by molar-refractivity contribution is -0.166. The molecule has 406 valence electrons. The Morgan fingerprint density at radius 3 is 2.49 bits per heavy atom. The van der Waals surface area contributed by atoms with Crippen molar-refractivity contribution in [3.8, 4) is 22.5 Å². The molecular weight excluding hydrogens is 973 g/mol. The smallest absolute Gasteiger partial charge is 0.324 e.